The highest BCUT2D eigenvalue weighted by Crippen LogP contribution is 2.25. The van der Waals surface area contributed by atoms with Crippen LogP contribution in [0.15, 0.2) is 30.5 Å². The molecule has 4 N–H and O–H groups in total. The van der Waals surface area contributed by atoms with Crippen molar-refractivity contribution in [3.63, 3.8) is 0 Å². The number of carbonyl (C=O) groups excluding carboxylic acids is 1. The average Bonchev–Trinajstić information content (AvgIpc) is 2.61. The van der Waals surface area contributed by atoms with Crippen molar-refractivity contribution in [1.29, 1.82) is 0 Å². The van der Waals surface area contributed by atoms with Crippen LogP contribution in [0.25, 0.3) is 10.8 Å². The molecule has 0 aliphatic carbocycles. The molecule has 2 aromatic rings. The van der Waals surface area contributed by atoms with E-state index in [1.54, 1.807) is 20.8 Å². The Morgan fingerprint density at radius 1 is 1.34 bits per heavy atom. The fourth-order valence-corrected chi connectivity index (χ4v) is 3.10. The lowest BCUT2D eigenvalue weighted by Crippen LogP contribution is -2.46. The largest absolute Gasteiger partial charge is 0.490 e. The summed E-state index contributed by atoms with van der Waals surface area (Å²) < 4.78 is 13.1. The lowest BCUT2D eigenvalue weighted by atomic mass is 10.0. The van der Waals surface area contributed by atoms with Crippen LogP contribution in [0.2, 0.25) is 0 Å². The van der Waals surface area contributed by atoms with Gasteiger partial charge in [0.05, 0.1) is 25.2 Å². The Morgan fingerprint density at radius 2 is 2.10 bits per heavy atom. The fourth-order valence-electron chi connectivity index (χ4n) is 3.10. The van der Waals surface area contributed by atoms with E-state index in [1.165, 1.54) is 0 Å². The topological polar surface area (TPSA) is 98.7 Å². The maximum Gasteiger partial charge on any atom is 0.341 e. The molecule has 0 radical (unpaired) electrons. The van der Waals surface area contributed by atoms with Crippen molar-refractivity contribution < 1.29 is 23.7 Å². The quantitative estimate of drug-likeness (QED) is 0.347. The first-order valence-electron chi connectivity index (χ1n) is 9.85. The Balaban J connectivity index is 1.69. The van der Waals surface area contributed by atoms with Gasteiger partial charge in [0.15, 0.2) is 0 Å². The summed E-state index contributed by atoms with van der Waals surface area (Å²) in [5.74, 6) is 7.07. The van der Waals surface area contributed by atoms with Crippen molar-refractivity contribution >= 4 is 22.6 Å². The average molecular weight is 404 g/mol. The number of hydrogen-bond donors (Lipinski definition) is 3. The third kappa shape index (κ3) is 5.56. The molecule has 2 heterocycles. The first-order valence-corrected chi connectivity index (χ1v) is 9.85. The molecule has 158 valence electrons. The summed E-state index contributed by atoms with van der Waals surface area (Å²) in [6.07, 6.45) is 1.02. The van der Waals surface area contributed by atoms with Gasteiger partial charge in [0.2, 0.25) is 6.10 Å². The number of benzene rings is 1. The Kier molecular flexibility index (Phi) is 6.56. The summed E-state index contributed by atoms with van der Waals surface area (Å²) in [4.78, 5) is 16.9. The van der Waals surface area contributed by atoms with Gasteiger partial charge in [-0.3, -0.25) is 10.2 Å². The van der Waals surface area contributed by atoms with Crippen LogP contribution < -0.4 is 25.8 Å². The van der Waals surface area contributed by atoms with Crippen molar-refractivity contribution in [3.05, 3.63) is 30.5 Å². The molecule has 8 nitrogen and oxygen atoms in total. The molecular weight excluding hydrogens is 372 g/mol. The maximum atomic E-state index is 12.1. The van der Waals surface area contributed by atoms with E-state index in [0.717, 1.165) is 36.2 Å². The Hall–Kier alpha value is -2.42. The van der Waals surface area contributed by atoms with Crippen LogP contribution in [0, 0.1) is 5.92 Å². The summed E-state index contributed by atoms with van der Waals surface area (Å²) >= 11 is 0. The van der Waals surface area contributed by atoms with Gasteiger partial charge in [0, 0.05) is 19.0 Å². The highest BCUT2D eigenvalue weighted by Gasteiger charge is 2.26. The second-order valence-corrected chi connectivity index (χ2v) is 8.40. The number of esters is 1. The number of aryl methyl sites for hydroxylation is 1. The van der Waals surface area contributed by atoms with Gasteiger partial charge < -0.3 is 14.8 Å². The normalized spacial score (nSPS) is 15.6. The van der Waals surface area contributed by atoms with Crippen LogP contribution in [0.4, 0.5) is 5.82 Å². The van der Waals surface area contributed by atoms with Crippen molar-refractivity contribution in [1.82, 2.24) is 5.32 Å². The molecule has 1 aliphatic heterocycles. The van der Waals surface area contributed by atoms with Gasteiger partial charge in [-0.15, -0.1) is 0 Å². The van der Waals surface area contributed by atoms with Crippen LogP contribution in [-0.4, -0.2) is 43.9 Å². The number of hydrogen-bond acceptors (Lipinski definition) is 7. The predicted molar refractivity (Wildman–Crippen MR) is 110 cm³/mol. The van der Waals surface area contributed by atoms with Crippen LogP contribution in [0.3, 0.4) is 0 Å². The Labute approximate surface area is 171 Å². The first-order chi connectivity index (χ1) is 13.8. The molecule has 1 aromatic carbocycles. The maximum absolute atomic E-state index is 12.1. The Morgan fingerprint density at radius 3 is 2.72 bits per heavy atom. The van der Waals surface area contributed by atoms with E-state index in [4.69, 9.17) is 20.2 Å². The number of nitrogens with zero attached hydrogens (tertiary/aromatic N) is 1. The standard InChI is InChI=1S/C21H30N4O4/c1-21(2,3)28-20(26)18(29-22)13-27-16-5-6-17-15(9-16)7-8-25(4)19(17)24-12-14-10-23-11-14/h5-9,14,18,23H,10-13,22H2,1-4H3/p+1/t18-/m0/s1. The summed E-state index contributed by atoms with van der Waals surface area (Å²) in [7, 11) is 2.02. The summed E-state index contributed by atoms with van der Waals surface area (Å²) in [5.41, 5.74) is -0.620. The van der Waals surface area contributed by atoms with Crippen molar-refractivity contribution in [3.8, 4) is 5.75 Å². The van der Waals surface area contributed by atoms with Gasteiger partial charge in [-0.2, -0.15) is 0 Å². The van der Waals surface area contributed by atoms with Crippen molar-refractivity contribution in [2.24, 2.45) is 18.9 Å². The minimum atomic E-state index is -0.994. The number of carbonyl (C=O) groups is 1. The summed E-state index contributed by atoms with van der Waals surface area (Å²) in [6.45, 7) is 8.38. The minimum absolute atomic E-state index is 0.0304. The number of nitrogens with one attached hydrogen (secondary N) is 2. The van der Waals surface area contributed by atoms with Gasteiger partial charge in [0.1, 0.15) is 18.0 Å². The molecular formula is C21H31N4O4+. The van der Waals surface area contributed by atoms with Gasteiger partial charge in [-0.1, -0.05) is 0 Å². The summed E-state index contributed by atoms with van der Waals surface area (Å²) in [6, 6.07) is 7.86. The third-order valence-electron chi connectivity index (χ3n) is 4.77. The monoisotopic (exact) mass is 403 g/mol. The number of pyridine rings is 1. The van der Waals surface area contributed by atoms with Gasteiger partial charge in [-0.05, 0) is 50.4 Å². The highest BCUT2D eigenvalue weighted by molar-refractivity contribution is 5.91. The van der Waals surface area contributed by atoms with E-state index in [2.05, 4.69) is 15.2 Å². The Bertz CT molecular complexity index is 862. The zero-order valence-corrected chi connectivity index (χ0v) is 17.5. The van der Waals surface area contributed by atoms with E-state index in [0.29, 0.717) is 11.7 Å². The molecule has 1 aromatic heterocycles. The molecule has 0 bridgehead atoms. The predicted octanol–water partition coefficient (Wildman–Crippen LogP) is 1.28. The highest BCUT2D eigenvalue weighted by atomic mass is 16.7. The minimum Gasteiger partial charge on any atom is -0.490 e. The number of anilines is 1. The first kappa shape index (κ1) is 21.3. The van der Waals surface area contributed by atoms with Gasteiger partial charge in [-0.25, -0.2) is 15.3 Å². The van der Waals surface area contributed by atoms with Gasteiger partial charge in [0.25, 0.3) is 5.82 Å². The molecule has 0 spiro atoms. The molecule has 1 aliphatic rings. The molecule has 0 unspecified atom stereocenters. The number of aromatic nitrogens is 1. The molecule has 1 fully saturated rings. The van der Waals surface area contributed by atoms with E-state index in [-0.39, 0.29) is 6.61 Å². The SMILES string of the molecule is C[n+]1ccc2cc(OC[C@H](ON)C(=O)OC(C)(C)C)ccc2c1NCC1CNC1. The van der Waals surface area contributed by atoms with Gasteiger partial charge >= 0.3 is 5.97 Å². The van der Waals surface area contributed by atoms with Crippen LogP contribution in [0.1, 0.15) is 20.8 Å². The zero-order valence-electron chi connectivity index (χ0n) is 17.5. The molecule has 0 saturated carbocycles. The molecule has 1 saturated heterocycles. The van der Waals surface area contributed by atoms with Crippen LogP contribution in [-0.2, 0) is 21.4 Å². The van der Waals surface area contributed by atoms with E-state index >= 15 is 0 Å². The molecule has 29 heavy (non-hydrogen) atoms. The lowest BCUT2D eigenvalue weighted by molar-refractivity contribution is -0.656. The number of nitrogens with two attached hydrogens (primary N) is 1. The number of ether oxygens (including phenoxy) is 2. The second-order valence-electron chi connectivity index (χ2n) is 8.40. The molecule has 1 atom stereocenters. The van der Waals surface area contributed by atoms with Crippen molar-refractivity contribution in [2.45, 2.75) is 32.5 Å². The lowest BCUT2D eigenvalue weighted by Gasteiger charge is -2.25. The summed E-state index contributed by atoms with van der Waals surface area (Å²) in [5, 5.41) is 8.99. The van der Waals surface area contributed by atoms with E-state index in [9.17, 15) is 4.79 Å². The van der Waals surface area contributed by atoms with Crippen LogP contribution in [0.5, 0.6) is 5.75 Å². The van der Waals surface area contributed by atoms with Crippen molar-refractivity contribution in [2.75, 3.05) is 31.6 Å². The fraction of sp³-hybridized carbons (Fsp3) is 0.524. The molecule has 0 amide bonds. The van der Waals surface area contributed by atoms with Crippen LogP contribution >= 0.6 is 0 Å². The zero-order chi connectivity index (χ0) is 21.0. The molecule has 3 rings (SSSR count). The third-order valence-corrected chi connectivity index (χ3v) is 4.77. The number of rotatable bonds is 8. The van der Waals surface area contributed by atoms with E-state index < -0.39 is 17.7 Å². The smallest absolute Gasteiger partial charge is 0.341 e. The second kappa shape index (κ2) is 8.94. The number of fused-ring (bicyclic) bond motifs is 1. The molecule has 8 heteroatoms. The van der Waals surface area contributed by atoms with E-state index in [1.807, 2.05) is 37.5 Å².